The highest BCUT2D eigenvalue weighted by Crippen LogP contribution is 2.34. The van der Waals surface area contributed by atoms with Crippen molar-refractivity contribution in [2.75, 3.05) is 7.11 Å². The minimum absolute atomic E-state index is 0.101. The first-order valence-corrected chi connectivity index (χ1v) is 5.84. The van der Waals surface area contributed by atoms with E-state index in [-0.39, 0.29) is 10.6 Å². The summed E-state index contributed by atoms with van der Waals surface area (Å²) < 4.78 is 41.6. The second-order valence-electron chi connectivity index (χ2n) is 4.03. The summed E-state index contributed by atoms with van der Waals surface area (Å²) in [6.45, 7) is 0. The monoisotopic (exact) mass is 312 g/mol. The summed E-state index contributed by atoms with van der Waals surface area (Å²) in [5.41, 5.74) is -1.07. The van der Waals surface area contributed by atoms with Gasteiger partial charge in [0.15, 0.2) is 0 Å². The number of rotatable bonds is 4. The molecule has 0 heterocycles. The number of esters is 1. The number of halogens is 4. The molecule has 0 aliphatic carbocycles. The number of methoxy groups -OCH3 is 1. The Kier molecular flexibility index (Phi) is 5.38. The largest absolute Gasteiger partial charge is 0.469 e. The fourth-order valence-corrected chi connectivity index (χ4v) is 1.81. The number of ether oxygens (including phenoxy) is 1. The molecule has 0 radical (unpaired) electrons. The Morgan fingerprint density at radius 3 is 2.45 bits per heavy atom. The number of benzene rings is 1. The van der Waals surface area contributed by atoms with Crippen LogP contribution in [0.15, 0.2) is 18.2 Å². The molecule has 1 rings (SSSR count). The van der Waals surface area contributed by atoms with Crippen LogP contribution < -0.4 is 0 Å². The third kappa shape index (κ3) is 4.09. The number of hydrogen-bond donors (Lipinski definition) is 2. The number of carbonyl (C=O) groups excluding carboxylic acids is 1. The summed E-state index contributed by atoms with van der Waals surface area (Å²) in [6.07, 6.45) is -8.19. The summed E-state index contributed by atoms with van der Waals surface area (Å²) >= 11 is 5.66. The highest BCUT2D eigenvalue weighted by Gasteiger charge is 2.32. The third-order valence-electron chi connectivity index (χ3n) is 2.61. The van der Waals surface area contributed by atoms with Gasteiger partial charge in [-0.3, -0.25) is 4.79 Å². The topological polar surface area (TPSA) is 66.8 Å². The summed E-state index contributed by atoms with van der Waals surface area (Å²) in [5.74, 6) is -0.764. The van der Waals surface area contributed by atoms with Gasteiger partial charge in [0.1, 0.15) is 6.10 Å². The number of hydrogen-bond acceptors (Lipinski definition) is 4. The number of alkyl halides is 3. The van der Waals surface area contributed by atoms with Gasteiger partial charge in [-0.05, 0) is 12.1 Å². The van der Waals surface area contributed by atoms with Crippen molar-refractivity contribution in [2.45, 2.75) is 24.8 Å². The molecule has 0 aliphatic heterocycles. The molecule has 0 aromatic heterocycles. The van der Waals surface area contributed by atoms with E-state index >= 15 is 0 Å². The van der Waals surface area contributed by atoms with Crippen molar-refractivity contribution in [3.05, 3.63) is 34.3 Å². The maximum atomic E-state index is 12.4. The highest BCUT2D eigenvalue weighted by molar-refractivity contribution is 6.31. The number of aliphatic hydroxyl groups is 2. The molecule has 0 fully saturated rings. The normalized spacial score (nSPS) is 14.8. The minimum atomic E-state index is -4.56. The van der Waals surface area contributed by atoms with Crippen LogP contribution in [-0.4, -0.2) is 29.4 Å². The maximum Gasteiger partial charge on any atom is 0.416 e. The summed E-state index contributed by atoms with van der Waals surface area (Å²) in [6, 6.07) is 2.33. The zero-order valence-corrected chi connectivity index (χ0v) is 11.1. The maximum absolute atomic E-state index is 12.4. The Balaban J connectivity index is 2.94. The first kappa shape index (κ1) is 16.7. The van der Waals surface area contributed by atoms with Gasteiger partial charge in [-0.1, -0.05) is 17.7 Å². The molecule has 2 N–H and O–H groups in total. The van der Waals surface area contributed by atoms with Crippen molar-refractivity contribution in [1.29, 1.82) is 0 Å². The Bertz CT molecular complexity index is 490. The molecule has 1 aromatic carbocycles. The molecule has 1 aromatic rings. The first-order valence-electron chi connectivity index (χ1n) is 5.46. The zero-order chi connectivity index (χ0) is 15.5. The van der Waals surface area contributed by atoms with Crippen LogP contribution in [0.3, 0.4) is 0 Å². The van der Waals surface area contributed by atoms with Gasteiger partial charge in [0.25, 0.3) is 0 Å². The molecular formula is C12H12ClF3O4. The van der Waals surface area contributed by atoms with E-state index in [9.17, 15) is 28.2 Å². The molecule has 112 valence electrons. The summed E-state index contributed by atoms with van der Waals surface area (Å²) in [5, 5.41) is 19.0. The molecular weight excluding hydrogens is 301 g/mol. The van der Waals surface area contributed by atoms with Gasteiger partial charge in [0, 0.05) is 10.6 Å². The lowest BCUT2D eigenvalue weighted by Gasteiger charge is -2.19. The van der Waals surface area contributed by atoms with Crippen molar-refractivity contribution in [1.82, 2.24) is 0 Å². The van der Waals surface area contributed by atoms with Gasteiger partial charge < -0.3 is 14.9 Å². The first-order chi connectivity index (χ1) is 9.16. The Morgan fingerprint density at radius 1 is 1.40 bits per heavy atom. The minimum Gasteiger partial charge on any atom is -0.469 e. The van der Waals surface area contributed by atoms with E-state index in [1.54, 1.807) is 0 Å². The Labute approximate surface area is 117 Å². The fourth-order valence-electron chi connectivity index (χ4n) is 1.52. The van der Waals surface area contributed by atoms with Gasteiger partial charge in [-0.2, -0.15) is 13.2 Å². The molecule has 0 aliphatic rings. The van der Waals surface area contributed by atoms with E-state index in [1.165, 1.54) is 0 Å². The van der Waals surface area contributed by atoms with Gasteiger partial charge >= 0.3 is 12.1 Å². The molecule has 8 heteroatoms. The average molecular weight is 313 g/mol. The predicted octanol–water partition coefficient (Wildman–Crippen LogP) is 2.32. The lowest BCUT2D eigenvalue weighted by molar-refractivity contribution is -0.144. The molecule has 4 nitrogen and oxygen atoms in total. The Hall–Kier alpha value is -1.31. The smallest absolute Gasteiger partial charge is 0.416 e. The average Bonchev–Trinajstić information content (AvgIpc) is 2.36. The molecule has 0 spiro atoms. The van der Waals surface area contributed by atoms with Crippen LogP contribution in [0.4, 0.5) is 13.2 Å². The second-order valence-corrected chi connectivity index (χ2v) is 4.43. The van der Waals surface area contributed by atoms with Crippen molar-refractivity contribution >= 4 is 17.6 Å². The standard InChI is InChI=1S/C12H12ClF3O4/c1-20-10(18)5-9(17)11(19)7-3-2-6(4-8(7)13)12(14,15)16/h2-4,9,11,17,19H,5H2,1H3. The molecule has 20 heavy (non-hydrogen) atoms. The van der Waals surface area contributed by atoms with E-state index in [1.807, 2.05) is 0 Å². The van der Waals surface area contributed by atoms with Crippen LogP contribution in [-0.2, 0) is 15.7 Å². The molecule has 0 saturated heterocycles. The number of carbonyl (C=O) groups is 1. The van der Waals surface area contributed by atoms with Gasteiger partial charge in [0.05, 0.1) is 25.2 Å². The highest BCUT2D eigenvalue weighted by atomic mass is 35.5. The van der Waals surface area contributed by atoms with Crippen molar-refractivity contribution < 1.29 is 32.9 Å². The molecule has 0 saturated carbocycles. The van der Waals surface area contributed by atoms with Crippen molar-refractivity contribution in [2.24, 2.45) is 0 Å². The lowest BCUT2D eigenvalue weighted by atomic mass is 10.0. The van der Waals surface area contributed by atoms with Crippen LogP contribution in [0.1, 0.15) is 23.7 Å². The molecule has 2 unspecified atom stereocenters. The quantitative estimate of drug-likeness (QED) is 0.837. The van der Waals surface area contributed by atoms with E-state index in [0.29, 0.717) is 6.07 Å². The van der Waals surface area contributed by atoms with E-state index < -0.39 is 36.3 Å². The molecule has 0 amide bonds. The second kappa shape index (κ2) is 6.43. The summed E-state index contributed by atoms with van der Waals surface area (Å²) in [4.78, 5) is 11.0. The zero-order valence-electron chi connectivity index (χ0n) is 10.3. The van der Waals surface area contributed by atoms with Crippen molar-refractivity contribution in [3.8, 4) is 0 Å². The van der Waals surface area contributed by atoms with Crippen LogP contribution in [0.2, 0.25) is 5.02 Å². The van der Waals surface area contributed by atoms with E-state index in [4.69, 9.17) is 11.6 Å². The number of aliphatic hydroxyl groups excluding tert-OH is 2. The molecule has 2 atom stereocenters. The SMILES string of the molecule is COC(=O)CC(O)C(O)c1ccc(C(F)(F)F)cc1Cl. The van der Waals surface area contributed by atoms with Crippen LogP contribution >= 0.6 is 11.6 Å². The van der Waals surface area contributed by atoms with Gasteiger partial charge in [-0.25, -0.2) is 0 Å². The van der Waals surface area contributed by atoms with Crippen LogP contribution in [0.25, 0.3) is 0 Å². The lowest BCUT2D eigenvalue weighted by Crippen LogP contribution is -2.23. The fraction of sp³-hybridized carbons (Fsp3) is 0.417. The van der Waals surface area contributed by atoms with Gasteiger partial charge in [-0.15, -0.1) is 0 Å². The summed E-state index contributed by atoms with van der Waals surface area (Å²) in [7, 11) is 1.10. The van der Waals surface area contributed by atoms with E-state index in [2.05, 4.69) is 4.74 Å². The molecule has 0 bridgehead atoms. The van der Waals surface area contributed by atoms with E-state index in [0.717, 1.165) is 19.2 Å². The third-order valence-corrected chi connectivity index (χ3v) is 2.94. The van der Waals surface area contributed by atoms with Gasteiger partial charge in [0.2, 0.25) is 0 Å². The predicted molar refractivity (Wildman–Crippen MR) is 64.1 cm³/mol. The Morgan fingerprint density at radius 2 is 2.00 bits per heavy atom. The van der Waals surface area contributed by atoms with Crippen molar-refractivity contribution in [3.63, 3.8) is 0 Å². The van der Waals surface area contributed by atoms with Crippen LogP contribution in [0, 0.1) is 0 Å². The van der Waals surface area contributed by atoms with Crippen LogP contribution in [0.5, 0.6) is 0 Å².